The zero-order chi connectivity index (χ0) is 21.4. The number of carbonyl (C=O) groups excluding carboxylic acids is 1. The zero-order valence-electron chi connectivity index (χ0n) is 17.9. The van der Waals surface area contributed by atoms with Crippen molar-refractivity contribution in [3.8, 4) is 16.9 Å². The molecule has 2 amide bonds. The van der Waals surface area contributed by atoms with Gasteiger partial charge in [0.05, 0.1) is 24.9 Å². The Morgan fingerprint density at radius 2 is 2.03 bits per heavy atom. The SMILES string of the molecule is CC1(C)CN(c2ccc(-c3cn[nH]c3)cn2)C(=O)N1Cc1cccc(OCC2CC2)c1. The van der Waals surface area contributed by atoms with Crippen LogP contribution in [0.15, 0.2) is 55.0 Å². The molecule has 1 saturated heterocycles. The molecule has 2 aliphatic rings. The largest absolute Gasteiger partial charge is 0.493 e. The molecular formula is C24H27N5O2. The fourth-order valence-corrected chi connectivity index (χ4v) is 3.95. The number of pyridine rings is 1. The monoisotopic (exact) mass is 417 g/mol. The minimum absolute atomic E-state index is 0.0298. The summed E-state index contributed by atoms with van der Waals surface area (Å²) in [4.78, 5) is 21.5. The maximum absolute atomic E-state index is 13.3. The third kappa shape index (κ3) is 4.13. The lowest BCUT2D eigenvalue weighted by Crippen LogP contribution is -2.41. The van der Waals surface area contributed by atoms with Crippen LogP contribution < -0.4 is 9.64 Å². The van der Waals surface area contributed by atoms with E-state index in [-0.39, 0.29) is 11.6 Å². The number of nitrogens with one attached hydrogen (secondary N) is 1. The summed E-state index contributed by atoms with van der Waals surface area (Å²) in [6.07, 6.45) is 7.89. The minimum atomic E-state index is -0.313. The summed E-state index contributed by atoms with van der Waals surface area (Å²) in [5.74, 6) is 2.25. The Morgan fingerprint density at radius 3 is 2.74 bits per heavy atom. The van der Waals surface area contributed by atoms with E-state index < -0.39 is 0 Å². The lowest BCUT2D eigenvalue weighted by molar-refractivity contribution is 0.172. The molecule has 1 aromatic carbocycles. The molecule has 1 aliphatic heterocycles. The molecule has 3 heterocycles. The van der Waals surface area contributed by atoms with Crippen LogP contribution in [0, 0.1) is 5.92 Å². The molecule has 31 heavy (non-hydrogen) atoms. The Bertz CT molecular complexity index is 1060. The predicted molar refractivity (Wildman–Crippen MR) is 119 cm³/mol. The number of ether oxygens (including phenoxy) is 1. The van der Waals surface area contributed by atoms with Crippen LogP contribution in [0.5, 0.6) is 5.75 Å². The van der Waals surface area contributed by atoms with Crippen molar-refractivity contribution >= 4 is 11.8 Å². The van der Waals surface area contributed by atoms with E-state index in [1.54, 1.807) is 17.3 Å². The normalized spacial score (nSPS) is 17.9. The molecule has 0 atom stereocenters. The minimum Gasteiger partial charge on any atom is -0.493 e. The van der Waals surface area contributed by atoms with E-state index in [1.807, 2.05) is 47.5 Å². The van der Waals surface area contributed by atoms with Crippen molar-refractivity contribution in [2.45, 2.75) is 38.8 Å². The van der Waals surface area contributed by atoms with E-state index in [2.05, 4.69) is 29.0 Å². The maximum atomic E-state index is 13.3. The van der Waals surface area contributed by atoms with Gasteiger partial charge in [0.25, 0.3) is 0 Å². The quantitative estimate of drug-likeness (QED) is 0.615. The molecule has 0 radical (unpaired) electrons. The summed E-state index contributed by atoms with van der Waals surface area (Å²) in [5, 5.41) is 6.78. The van der Waals surface area contributed by atoms with E-state index in [4.69, 9.17) is 4.74 Å². The van der Waals surface area contributed by atoms with E-state index in [0.717, 1.165) is 29.0 Å². The predicted octanol–water partition coefficient (Wildman–Crippen LogP) is 4.48. The number of nitrogens with zero attached hydrogens (tertiary/aromatic N) is 4. The number of hydrogen-bond donors (Lipinski definition) is 1. The van der Waals surface area contributed by atoms with E-state index >= 15 is 0 Å². The number of aromatic nitrogens is 3. The molecule has 1 saturated carbocycles. The van der Waals surface area contributed by atoms with Gasteiger partial charge in [-0.25, -0.2) is 9.78 Å². The summed E-state index contributed by atoms with van der Waals surface area (Å²) >= 11 is 0. The lowest BCUT2D eigenvalue weighted by atomic mass is 10.0. The van der Waals surface area contributed by atoms with Gasteiger partial charge in [-0.05, 0) is 62.4 Å². The van der Waals surface area contributed by atoms with Crippen molar-refractivity contribution in [1.29, 1.82) is 0 Å². The highest BCUT2D eigenvalue weighted by molar-refractivity contribution is 5.94. The second kappa shape index (κ2) is 7.72. The van der Waals surface area contributed by atoms with Crippen molar-refractivity contribution in [1.82, 2.24) is 20.1 Å². The highest BCUT2D eigenvalue weighted by atomic mass is 16.5. The number of anilines is 1. The van der Waals surface area contributed by atoms with Crippen LogP contribution in [0.1, 0.15) is 32.3 Å². The molecule has 1 aliphatic carbocycles. The van der Waals surface area contributed by atoms with E-state index in [0.29, 0.717) is 24.8 Å². The Labute approximate surface area is 182 Å². The molecule has 0 spiro atoms. The van der Waals surface area contributed by atoms with Crippen LogP contribution in [0.25, 0.3) is 11.1 Å². The van der Waals surface area contributed by atoms with Gasteiger partial charge in [0, 0.05) is 30.1 Å². The van der Waals surface area contributed by atoms with Crippen molar-refractivity contribution in [2.75, 3.05) is 18.1 Å². The Hall–Kier alpha value is -3.35. The third-order valence-corrected chi connectivity index (χ3v) is 6.02. The van der Waals surface area contributed by atoms with Gasteiger partial charge in [0.2, 0.25) is 0 Å². The van der Waals surface area contributed by atoms with Crippen LogP contribution in [-0.4, -0.2) is 44.8 Å². The first-order valence-electron chi connectivity index (χ1n) is 10.8. The average molecular weight is 418 g/mol. The number of amides is 2. The van der Waals surface area contributed by atoms with Crippen molar-refractivity contribution in [3.05, 3.63) is 60.6 Å². The van der Waals surface area contributed by atoms with Gasteiger partial charge in [0.1, 0.15) is 11.6 Å². The second-order valence-corrected chi connectivity index (χ2v) is 9.06. The molecule has 0 bridgehead atoms. The van der Waals surface area contributed by atoms with Crippen LogP contribution >= 0.6 is 0 Å². The molecule has 7 heteroatoms. The molecule has 160 valence electrons. The van der Waals surface area contributed by atoms with E-state index in [1.165, 1.54) is 12.8 Å². The molecule has 1 N–H and O–H groups in total. The molecule has 5 rings (SSSR count). The van der Waals surface area contributed by atoms with Crippen molar-refractivity contribution in [2.24, 2.45) is 5.92 Å². The van der Waals surface area contributed by atoms with Gasteiger partial charge in [-0.1, -0.05) is 12.1 Å². The fraction of sp³-hybridized carbons (Fsp3) is 0.375. The zero-order valence-corrected chi connectivity index (χ0v) is 17.9. The molecule has 2 fully saturated rings. The summed E-state index contributed by atoms with van der Waals surface area (Å²) in [5.41, 5.74) is 2.69. The summed E-state index contributed by atoms with van der Waals surface area (Å²) in [6, 6.07) is 11.9. The lowest BCUT2D eigenvalue weighted by Gasteiger charge is -2.29. The Balaban J connectivity index is 1.31. The van der Waals surface area contributed by atoms with Gasteiger partial charge < -0.3 is 9.64 Å². The molecule has 3 aromatic rings. The number of benzene rings is 1. The molecule has 0 unspecified atom stereocenters. The van der Waals surface area contributed by atoms with Gasteiger partial charge in [-0.2, -0.15) is 5.10 Å². The summed E-state index contributed by atoms with van der Waals surface area (Å²) < 4.78 is 5.92. The summed E-state index contributed by atoms with van der Waals surface area (Å²) in [6.45, 7) is 6.10. The van der Waals surface area contributed by atoms with Gasteiger partial charge in [-0.15, -0.1) is 0 Å². The summed E-state index contributed by atoms with van der Waals surface area (Å²) in [7, 11) is 0. The highest BCUT2D eigenvalue weighted by Crippen LogP contribution is 2.33. The highest BCUT2D eigenvalue weighted by Gasteiger charge is 2.44. The van der Waals surface area contributed by atoms with E-state index in [9.17, 15) is 4.79 Å². The third-order valence-electron chi connectivity index (χ3n) is 6.02. The van der Waals surface area contributed by atoms with Crippen LogP contribution in [0.4, 0.5) is 10.6 Å². The van der Waals surface area contributed by atoms with Gasteiger partial charge in [0.15, 0.2) is 0 Å². The topological polar surface area (TPSA) is 74.4 Å². The number of carbonyl (C=O) groups is 1. The fourth-order valence-electron chi connectivity index (χ4n) is 3.95. The standard InChI is InChI=1S/C24H27N5O2/c1-24(2)16-28(22-9-8-19(11-25-22)20-12-26-27-13-20)23(30)29(24)14-18-4-3-5-21(10-18)31-15-17-6-7-17/h3-5,8-13,17H,6-7,14-16H2,1-2H3,(H,26,27). The molecule has 2 aromatic heterocycles. The van der Waals surface area contributed by atoms with Crippen molar-refractivity contribution < 1.29 is 9.53 Å². The second-order valence-electron chi connectivity index (χ2n) is 9.06. The first-order valence-corrected chi connectivity index (χ1v) is 10.8. The first-order chi connectivity index (χ1) is 15.0. The van der Waals surface area contributed by atoms with Crippen LogP contribution in [0.2, 0.25) is 0 Å². The average Bonchev–Trinajstić information content (AvgIpc) is 3.38. The first kappa shape index (κ1) is 19.6. The Morgan fingerprint density at radius 1 is 1.16 bits per heavy atom. The smallest absolute Gasteiger partial charge is 0.326 e. The molecule has 7 nitrogen and oxygen atoms in total. The number of aromatic amines is 1. The van der Waals surface area contributed by atoms with Crippen LogP contribution in [-0.2, 0) is 6.54 Å². The van der Waals surface area contributed by atoms with Gasteiger partial charge in [-0.3, -0.25) is 10.00 Å². The number of urea groups is 1. The van der Waals surface area contributed by atoms with Crippen molar-refractivity contribution in [3.63, 3.8) is 0 Å². The molecular weight excluding hydrogens is 390 g/mol. The number of H-pyrrole nitrogens is 1. The number of hydrogen-bond acceptors (Lipinski definition) is 4. The van der Waals surface area contributed by atoms with Gasteiger partial charge >= 0.3 is 6.03 Å². The van der Waals surface area contributed by atoms with Crippen LogP contribution in [0.3, 0.4) is 0 Å². The Kier molecular flexibility index (Phi) is 4.88. The maximum Gasteiger partial charge on any atom is 0.326 e. The number of rotatable bonds is 7.